The zero-order chi connectivity index (χ0) is 18.0. The summed E-state index contributed by atoms with van der Waals surface area (Å²) >= 11 is 0. The molecule has 0 atom stereocenters. The van der Waals surface area contributed by atoms with E-state index < -0.39 is 5.66 Å². The Labute approximate surface area is 155 Å². The molecule has 1 aliphatic heterocycles. The Morgan fingerprint density at radius 3 is 2.42 bits per heavy atom. The highest BCUT2D eigenvalue weighted by Gasteiger charge is 2.43. The summed E-state index contributed by atoms with van der Waals surface area (Å²) in [5.41, 5.74) is 12.9. The summed E-state index contributed by atoms with van der Waals surface area (Å²) in [5.74, 6) is 1.57. The fraction of sp³-hybridized carbons (Fsp3) is 0.600. The van der Waals surface area contributed by atoms with Crippen LogP contribution in [0, 0.1) is 0 Å². The first-order valence-corrected chi connectivity index (χ1v) is 9.93. The maximum Gasteiger partial charge on any atom is 0.220 e. The van der Waals surface area contributed by atoms with Crippen molar-refractivity contribution in [2.45, 2.75) is 76.0 Å². The van der Waals surface area contributed by atoms with E-state index >= 15 is 0 Å². The monoisotopic (exact) mass is 355 g/mol. The summed E-state index contributed by atoms with van der Waals surface area (Å²) in [6.45, 7) is 0. The van der Waals surface area contributed by atoms with Gasteiger partial charge in [0.2, 0.25) is 11.9 Å². The molecule has 0 bridgehead atoms. The minimum Gasteiger partial charge on any atom is -0.488 e. The third-order valence-electron chi connectivity index (χ3n) is 5.80. The van der Waals surface area contributed by atoms with Crippen LogP contribution in [-0.2, 0) is 0 Å². The molecule has 4 N–H and O–H groups in total. The minimum atomic E-state index is -0.430. The van der Waals surface area contributed by atoms with Crippen molar-refractivity contribution in [3.05, 3.63) is 24.3 Å². The summed E-state index contributed by atoms with van der Waals surface area (Å²) in [6, 6.07) is 8.14. The maximum absolute atomic E-state index is 6.42. The number of nitrogens with two attached hydrogens (primary N) is 2. The average molecular weight is 355 g/mol. The van der Waals surface area contributed by atoms with Crippen molar-refractivity contribution in [1.29, 1.82) is 0 Å². The second-order valence-corrected chi connectivity index (χ2v) is 7.66. The second kappa shape index (κ2) is 7.17. The van der Waals surface area contributed by atoms with E-state index in [9.17, 15) is 0 Å². The molecule has 1 aromatic rings. The molecule has 4 rings (SSSR count). The normalized spacial score (nSPS) is 23.5. The third-order valence-corrected chi connectivity index (χ3v) is 5.80. The number of nitrogens with zero attached hydrogens (tertiary/aromatic N) is 3. The van der Waals surface area contributed by atoms with Crippen LogP contribution in [0.25, 0.3) is 0 Å². The van der Waals surface area contributed by atoms with Gasteiger partial charge in [0.25, 0.3) is 0 Å². The van der Waals surface area contributed by atoms with Crippen LogP contribution in [0.1, 0.15) is 64.2 Å². The molecule has 1 spiro atoms. The van der Waals surface area contributed by atoms with E-state index in [1.807, 2.05) is 18.2 Å². The number of rotatable bonds is 3. The summed E-state index contributed by atoms with van der Waals surface area (Å²) in [4.78, 5) is 11.1. The topological polar surface area (TPSA) is 89.2 Å². The van der Waals surface area contributed by atoms with E-state index in [4.69, 9.17) is 21.2 Å². The van der Waals surface area contributed by atoms with Crippen molar-refractivity contribution in [2.75, 3.05) is 4.90 Å². The molecule has 0 unspecified atom stereocenters. The van der Waals surface area contributed by atoms with Crippen LogP contribution in [0.5, 0.6) is 5.75 Å². The van der Waals surface area contributed by atoms with Crippen molar-refractivity contribution in [2.24, 2.45) is 21.5 Å². The van der Waals surface area contributed by atoms with Gasteiger partial charge in [-0.15, -0.1) is 0 Å². The molecule has 0 saturated heterocycles. The molecule has 26 heavy (non-hydrogen) atoms. The molecular formula is C20H29N5O. The van der Waals surface area contributed by atoms with E-state index in [0.29, 0.717) is 5.96 Å². The number of guanidine groups is 2. The lowest BCUT2D eigenvalue weighted by Gasteiger charge is -2.46. The van der Waals surface area contributed by atoms with Crippen LogP contribution in [-0.4, -0.2) is 23.7 Å². The van der Waals surface area contributed by atoms with Crippen molar-refractivity contribution < 1.29 is 4.74 Å². The molecular weight excluding hydrogens is 326 g/mol. The fourth-order valence-corrected chi connectivity index (χ4v) is 4.57. The van der Waals surface area contributed by atoms with Gasteiger partial charge in [0, 0.05) is 0 Å². The Balaban J connectivity index is 1.69. The summed E-state index contributed by atoms with van der Waals surface area (Å²) in [5, 5.41) is 0. The van der Waals surface area contributed by atoms with Crippen molar-refractivity contribution in [1.82, 2.24) is 0 Å². The van der Waals surface area contributed by atoms with Gasteiger partial charge < -0.3 is 16.2 Å². The average Bonchev–Trinajstić information content (AvgIpc) is 2.64. The van der Waals surface area contributed by atoms with Gasteiger partial charge in [0.05, 0.1) is 11.8 Å². The Morgan fingerprint density at radius 1 is 0.962 bits per heavy atom. The lowest BCUT2D eigenvalue weighted by atomic mass is 9.87. The predicted molar refractivity (Wildman–Crippen MR) is 105 cm³/mol. The third kappa shape index (κ3) is 3.24. The van der Waals surface area contributed by atoms with Crippen LogP contribution >= 0.6 is 0 Å². The fourth-order valence-electron chi connectivity index (χ4n) is 4.57. The number of hydrogen-bond acceptors (Lipinski definition) is 6. The molecule has 3 aliphatic rings. The van der Waals surface area contributed by atoms with Crippen LogP contribution in [0.3, 0.4) is 0 Å². The van der Waals surface area contributed by atoms with Crippen LogP contribution < -0.4 is 21.1 Å². The van der Waals surface area contributed by atoms with Crippen molar-refractivity contribution in [3.63, 3.8) is 0 Å². The van der Waals surface area contributed by atoms with Crippen molar-refractivity contribution in [3.8, 4) is 5.75 Å². The molecule has 2 aliphatic carbocycles. The van der Waals surface area contributed by atoms with Gasteiger partial charge >= 0.3 is 0 Å². The molecule has 0 aromatic heterocycles. The smallest absolute Gasteiger partial charge is 0.220 e. The molecule has 1 aromatic carbocycles. The Hall–Kier alpha value is -2.24. The molecule has 2 fully saturated rings. The first-order valence-electron chi connectivity index (χ1n) is 9.93. The van der Waals surface area contributed by atoms with Crippen LogP contribution in [0.2, 0.25) is 0 Å². The zero-order valence-electron chi connectivity index (χ0n) is 15.4. The molecule has 2 saturated carbocycles. The summed E-state index contributed by atoms with van der Waals surface area (Å²) < 4.78 is 6.42. The van der Waals surface area contributed by atoms with E-state index in [1.54, 1.807) is 0 Å². The number of para-hydroxylation sites is 2. The minimum absolute atomic E-state index is 0.281. The molecule has 6 nitrogen and oxygen atoms in total. The SMILES string of the molecule is NC1=NC2(CCCCC2)N(c2ccccc2OC2CCCCC2)C(N)=N1. The predicted octanol–water partition coefficient (Wildman–Crippen LogP) is 3.51. The van der Waals surface area contributed by atoms with Gasteiger partial charge in [-0.2, -0.15) is 4.99 Å². The molecule has 1 heterocycles. The van der Waals surface area contributed by atoms with E-state index in [-0.39, 0.29) is 12.1 Å². The molecule has 0 radical (unpaired) electrons. The van der Waals surface area contributed by atoms with Crippen molar-refractivity contribution >= 4 is 17.6 Å². The van der Waals surface area contributed by atoms with Gasteiger partial charge in [-0.3, -0.25) is 4.90 Å². The summed E-state index contributed by atoms with van der Waals surface area (Å²) in [7, 11) is 0. The highest BCUT2D eigenvalue weighted by molar-refractivity contribution is 6.06. The summed E-state index contributed by atoms with van der Waals surface area (Å²) in [6.07, 6.45) is 11.6. The molecule has 6 heteroatoms. The number of anilines is 1. The van der Waals surface area contributed by atoms with Gasteiger partial charge in [-0.05, 0) is 63.5 Å². The lowest BCUT2D eigenvalue weighted by molar-refractivity contribution is 0.155. The lowest BCUT2D eigenvalue weighted by Crippen LogP contribution is -2.58. The van der Waals surface area contributed by atoms with Gasteiger partial charge in [-0.1, -0.05) is 25.0 Å². The van der Waals surface area contributed by atoms with Gasteiger partial charge in [-0.25, -0.2) is 4.99 Å². The van der Waals surface area contributed by atoms with E-state index in [2.05, 4.69) is 16.0 Å². The van der Waals surface area contributed by atoms with Gasteiger partial charge in [0.15, 0.2) is 0 Å². The van der Waals surface area contributed by atoms with E-state index in [0.717, 1.165) is 50.0 Å². The first kappa shape index (κ1) is 17.2. The Morgan fingerprint density at radius 2 is 1.65 bits per heavy atom. The largest absolute Gasteiger partial charge is 0.488 e. The number of benzene rings is 1. The zero-order valence-corrected chi connectivity index (χ0v) is 15.4. The second-order valence-electron chi connectivity index (χ2n) is 7.66. The molecule has 0 amide bonds. The number of ether oxygens (including phenoxy) is 1. The van der Waals surface area contributed by atoms with Gasteiger partial charge in [0.1, 0.15) is 11.4 Å². The Kier molecular flexibility index (Phi) is 4.74. The highest BCUT2D eigenvalue weighted by Crippen LogP contribution is 2.43. The van der Waals surface area contributed by atoms with E-state index in [1.165, 1.54) is 25.7 Å². The first-order chi connectivity index (χ1) is 12.7. The van der Waals surface area contributed by atoms with Crippen LogP contribution in [0.4, 0.5) is 5.69 Å². The number of aliphatic imine (C=N–C) groups is 2. The highest BCUT2D eigenvalue weighted by atomic mass is 16.5. The van der Waals surface area contributed by atoms with Crippen LogP contribution in [0.15, 0.2) is 34.3 Å². The Bertz CT molecular complexity index is 702. The standard InChI is InChI=1S/C20H29N5O/c21-18-23-19(22)25(20(24-18)13-7-2-8-14-20)16-11-5-6-12-17(16)26-15-9-3-1-4-10-15/h5-6,11-12,15H,1-4,7-10,13-14H2,(H4,21,22,23,24). The number of hydrogen-bond donors (Lipinski definition) is 2. The quantitative estimate of drug-likeness (QED) is 0.868. The maximum atomic E-state index is 6.42. The molecule has 140 valence electrons.